The number of hydrogen-bond donors (Lipinski definition) is 1. The number of nitrogens with zero attached hydrogens (tertiary/aromatic N) is 3. The molecule has 0 aliphatic heterocycles. The molecule has 0 saturated heterocycles. The average Bonchev–Trinajstić information content (AvgIpc) is 2.73. The molecule has 4 nitrogen and oxygen atoms in total. The zero-order valence-corrected chi connectivity index (χ0v) is 8.46. The van der Waals surface area contributed by atoms with Gasteiger partial charge in [-0.1, -0.05) is 12.1 Å². The molecule has 4 heteroatoms. The predicted molar refractivity (Wildman–Crippen MR) is 60.6 cm³/mol. The van der Waals surface area contributed by atoms with Crippen molar-refractivity contribution in [2.75, 3.05) is 0 Å². The minimum atomic E-state index is 0.263. The van der Waals surface area contributed by atoms with Gasteiger partial charge in [0.05, 0.1) is 0 Å². The highest BCUT2D eigenvalue weighted by atomic mass is 16.3. The third kappa shape index (κ3) is 1.33. The fourth-order valence-electron chi connectivity index (χ4n) is 1.62. The first-order valence-corrected chi connectivity index (χ1v) is 5.00. The van der Waals surface area contributed by atoms with Crippen LogP contribution in [0.25, 0.3) is 16.7 Å². The van der Waals surface area contributed by atoms with Crippen LogP contribution in [0.5, 0.6) is 0 Å². The molecular weight excluding hydrogens is 202 g/mol. The van der Waals surface area contributed by atoms with E-state index < -0.39 is 0 Å². The number of aromatic nitrogens is 3. The fourth-order valence-corrected chi connectivity index (χ4v) is 1.62. The first kappa shape index (κ1) is 8.95. The van der Waals surface area contributed by atoms with Crippen LogP contribution in [0.2, 0.25) is 0 Å². The summed E-state index contributed by atoms with van der Waals surface area (Å²) in [7, 11) is 0. The van der Waals surface area contributed by atoms with E-state index >= 15 is 0 Å². The Bertz CT molecular complexity index is 612. The molecule has 0 radical (unpaired) electrons. The first-order valence-electron chi connectivity index (χ1n) is 5.00. The van der Waals surface area contributed by atoms with Gasteiger partial charge in [-0.3, -0.25) is 0 Å². The zero-order chi connectivity index (χ0) is 11.0. The Morgan fingerprint density at radius 3 is 2.50 bits per heavy atom. The average molecular weight is 211 g/mol. The molecule has 16 heavy (non-hydrogen) atoms. The number of aliphatic hydroxyl groups excluding tert-OH is 1. The fraction of sp³-hybridized carbons (Fsp3) is 0.0833. The van der Waals surface area contributed by atoms with E-state index in [2.05, 4.69) is 15.9 Å². The lowest BCUT2D eigenvalue weighted by atomic mass is 10.2. The normalized spacial score (nSPS) is 15.0. The molecule has 1 aliphatic carbocycles. The van der Waals surface area contributed by atoms with E-state index in [0.29, 0.717) is 12.1 Å². The van der Waals surface area contributed by atoms with Gasteiger partial charge in [-0.05, 0) is 18.2 Å². The van der Waals surface area contributed by atoms with Crippen molar-refractivity contribution in [1.82, 2.24) is 15.0 Å². The van der Waals surface area contributed by atoms with E-state index in [9.17, 15) is 5.11 Å². The van der Waals surface area contributed by atoms with Gasteiger partial charge in [0.25, 0.3) is 0 Å². The summed E-state index contributed by atoms with van der Waals surface area (Å²) in [6, 6.07) is 7.59. The number of fused-ring (bicyclic) bond motifs is 1. The van der Waals surface area contributed by atoms with Crippen LogP contribution in [-0.2, 0) is 0 Å². The Hall–Kier alpha value is -2.32. The Morgan fingerprint density at radius 1 is 1.19 bits per heavy atom. The minimum Gasteiger partial charge on any atom is -0.510 e. The molecule has 78 valence electrons. The largest absolute Gasteiger partial charge is 0.510 e. The summed E-state index contributed by atoms with van der Waals surface area (Å²) in [6.45, 7) is 0. The topological polar surface area (TPSA) is 50.9 Å². The van der Waals surface area contributed by atoms with Gasteiger partial charge in [0.2, 0.25) is 0 Å². The Labute approximate surface area is 91.8 Å². The molecule has 1 aromatic heterocycles. The summed E-state index contributed by atoms with van der Waals surface area (Å²) in [5.41, 5.74) is 5.14. The predicted octanol–water partition coefficient (Wildman–Crippen LogP) is 2.27. The van der Waals surface area contributed by atoms with Gasteiger partial charge in [-0.25, -0.2) is 0 Å². The molecule has 0 amide bonds. The third-order valence-electron chi connectivity index (χ3n) is 2.43. The number of rotatable bonds is 1. The van der Waals surface area contributed by atoms with E-state index in [1.165, 1.54) is 4.80 Å². The Kier molecular flexibility index (Phi) is 1.88. The van der Waals surface area contributed by atoms with Crippen molar-refractivity contribution < 1.29 is 5.11 Å². The highest BCUT2D eigenvalue weighted by molar-refractivity contribution is 5.74. The van der Waals surface area contributed by atoms with E-state index in [4.69, 9.17) is 0 Å². The Morgan fingerprint density at radius 2 is 1.88 bits per heavy atom. The van der Waals surface area contributed by atoms with Gasteiger partial charge in [0, 0.05) is 12.5 Å². The quantitative estimate of drug-likeness (QED) is 0.736. The summed E-state index contributed by atoms with van der Waals surface area (Å²) in [6.07, 6.45) is 3.92. The van der Waals surface area contributed by atoms with Crippen molar-refractivity contribution in [2.45, 2.75) is 6.42 Å². The molecule has 0 saturated carbocycles. The zero-order valence-electron chi connectivity index (χ0n) is 8.46. The van der Waals surface area contributed by atoms with Gasteiger partial charge < -0.3 is 5.11 Å². The summed E-state index contributed by atoms with van der Waals surface area (Å²) < 4.78 is 0. The molecule has 0 bridgehead atoms. The maximum Gasteiger partial charge on any atom is 0.131 e. The number of hydrogen-bond acceptors (Lipinski definition) is 3. The van der Waals surface area contributed by atoms with E-state index in [1.54, 1.807) is 12.2 Å². The van der Waals surface area contributed by atoms with Gasteiger partial charge in [-0.2, -0.15) is 0 Å². The third-order valence-corrected chi connectivity index (χ3v) is 2.43. The lowest BCUT2D eigenvalue weighted by Gasteiger charge is -2.04. The van der Waals surface area contributed by atoms with Gasteiger partial charge in [0.1, 0.15) is 22.5 Å². The molecule has 1 N–H and O–H groups in total. The second-order valence-corrected chi connectivity index (χ2v) is 3.53. The highest BCUT2D eigenvalue weighted by Crippen LogP contribution is 2.17. The lowest BCUT2D eigenvalue weighted by Crippen LogP contribution is -2.03. The molecule has 0 fully saturated rings. The number of aliphatic hydroxyl groups is 1. The lowest BCUT2D eigenvalue weighted by molar-refractivity contribution is 0.398. The molecule has 0 unspecified atom stereocenters. The van der Waals surface area contributed by atoms with Crippen LogP contribution in [0, 0.1) is 0 Å². The van der Waals surface area contributed by atoms with Crippen molar-refractivity contribution >= 4 is 16.7 Å². The second-order valence-electron chi connectivity index (χ2n) is 3.53. The smallest absolute Gasteiger partial charge is 0.131 e. The van der Waals surface area contributed by atoms with Crippen molar-refractivity contribution in [3.63, 3.8) is 0 Å². The van der Waals surface area contributed by atoms with Gasteiger partial charge >= 0.3 is 0 Å². The van der Waals surface area contributed by atoms with Crippen molar-refractivity contribution in [2.24, 2.45) is 0 Å². The molecule has 3 rings (SSSR count). The highest BCUT2D eigenvalue weighted by Gasteiger charge is 2.10. The molecule has 0 spiro atoms. The molecule has 1 heterocycles. The SMILES string of the molecule is OC1=C(n2nc3ccccc3n2)C=C=CC1. The molecule has 2 aromatic rings. The van der Waals surface area contributed by atoms with E-state index in [-0.39, 0.29) is 5.76 Å². The van der Waals surface area contributed by atoms with Crippen LogP contribution in [0.3, 0.4) is 0 Å². The Balaban J connectivity index is 2.20. The monoisotopic (exact) mass is 211 g/mol. The second kappa shape index (κ2) is 3.36. The summed E-state index contributed by atoms with van der Waals surface area (Å²) in [5.74, 6) is 0.263. The number of benzene rings is 1. The van der Waals surface area contributed by atoms with Crippen LogP contribution in [0.1, 0.15) is 6.42 Å². The summed E-state index contributed by atoms with van der Waals surface area (Å²) in [5, 5.41) is 18.3. The standard InChI is InChI=1S/C12H9N3O/c16-12-8-4-3-7-11(12)15-13-9-5-1-2-6-10(9)14-15/h1-2,4-7,16H,8H2. The minimum absolute atomic E-state index is 0.263. The first-order chi connectivity index (χ1) is 7.84. The maximum atomic E-state index is 9.72. The molecular formula is C12H9N3O. The maximum absolute atomic E-state index is 9.72. The van der Waals surface area contributed by atoms with E-state index in [1.807, 2.05) is 24.3 Å². The number of allylic oxidation sites excluding steroid dienone is 2. The van der Waals surface area contributed by atoms with Crippen molar-refractivity contribution in [1.29, 1.82) is 0 Å². The van der Waals surface area contributed by atoms with Crippen LogP contribution in [-0.4, -0.2) is 20.1 Å². The van der Waals surface area contributed by atoms with Crippen LogP contribution >= 0.6 is 0 Å². The van der Waals surface area contributed by atoms with Crippen LogP contribution < -0.4 is 0 Å². The van der Waals surface area contributed by atoms with Crippen molar-refractivity contribution in [3.8, 4) is 0 Å². The molecule has 1 aromatic carbocycles. The van der Waals surface area contributed by atoms with Gasteiger partial charge in [0.15, 0.2) is 0 Å². The molecule has 1 aliphatic rings. The van der Waals surface area contributed by atoms with Crippen molar-refractivity contribution in [3.05, 3.63) is 47.9 Å². The summed E-state index contributed by atoms with van der Waals surface area (Å²) >= 11 is 0. The van der Waals surface area contributed by atoms with Gasteiger partial charge in [-0.15, -0.1) is 20.7 Å². The summed E-state index contributed by atoms with van der Waals surface area (Å²) in [4.78, 5) is 1.44. The van der Waals surface area contributed by atoms with Crippen LogP contribution in [0.15, 0.2) is 47.9 Å². The van der Waals surface area contributed by atoms with Crippen LogP contribution in [0.4, 0.5) is 0 Å². The van der Waals surface area contributed by atoms with E-state index in [0.717, 1.165) is 11.0 Å². The molecule has 0 atom stereocenters.